The van der Waals surface area contributed by atoms with Crippen molar-refractivity contribution >= 4 is 17.3 Å². The van der Waals surface area contributed by atoms with Gasteiger partial charge in [0.15, 0.2) is 0 Å². The molecule has 0 amide bonds. The number of nitrogens with zero attached hydrogens (tertiary/aromatic N) is 1. The smallest absolute Gasteiger partial charge is 0.146 e. The predicted molar refractivity (Wildman–Crippen MR) is 70.7 cm³/mol. The van der Waals surface area contributed by atoms with E-state index in [-0.39, 0.29) is 11.6 Å². The molecule has 17 heavy (non-hydrogen) atoms. The van der Waals surface area contributed by atoms with Crippen LogP contribution in [0.5, 0.6) is 0 Å². The molecule has 0 heterocycles. The lowest BCUT2D eigenvalue weighted by Crippen LogP contribution is -2.38. The van der Waals surface area contributed by atoms with Crippen molar-refractivity contribution < 1.29 is 8.87 Å². The number of benzene rings is 1. The van der Waals surface area contributed by atoms with Crippen LogP contribution in [0.25, 0.3) is 0 Å². The third-order valence-electron chi connectivity index (χ3n) is 2.44. The van der Waals surface area contributed by atoms with Crippen molar-refractivity contribution in [2.75, 3.05) is 39.5 Å². The van der Waals surface area contributed by atoms with Gasteiger partial charge in [-0.3, -0.25) is 0 Å². The number of nitrogens with one attached hydrogen (secondary N) is 1. The van der Waals surface area contributed by atoms with E-state index in [1.807, 2.05) is 0 Å². The maximum absolute atomic E-state index is 13.5. The topological polar surface area (TPSA) is 38.0 Å². The Morgan fingerprint density at radius 3 is 2.53 bits per heavy atom. The maximum atomic E-state index is 13.5. The van der Waals surface area contributed by atoms with Gasteiger partial charge in [-0.1, -0.05) is 11.6 Å². The molecule has 0 saturated carbocycles. The molecule has 3 nitrogen and oxygen atoms in total. The summed E-state index contributed by atoms with van der Waals surface area (Å²) < 4.78 is 14.3. The molecule has 1 aromatic rings. The molecule has 96 valence electrons. The van der Waals surface area contributed by atoms with Crippen molar-refractivity contribution in [2.24, 2.45) is 5.73 Å². The molecule has 0 atom stereocenters. The Labute approximate surface area is 107 Å². The van der Waals surface area contributed by atoms with Gasteiger partial charge in [-0.05, 0) is 12.1 Å². The highest BCUT2D eigenvalue weighted by Gasteiger charge is 2.09. The number of likely N-dealkylation sites (N-methyl/N-ethyl adjacent to an activating group) is 1. The van der Waals surface area contributed by atoms with Gasteiger partial charge in [-0.15, -0.1) is 0 Å². The van der Waals surface area contributed by atoms with Gasteiger partial charge in [-0.25, -0.2) is 4.39 Å². The minimum atomic E-state index is -0.425. The quantitative estimate of drug-likeness (QED) is 0.796. The number of rotatable bonds is 5. The van der Waals surface area contributed by atoms with Gasteiger partial charge < -0.3 is 15.5 Å². The van der Waals surface area contributed by atoms with E-state index in [1.54, 1.807) is 12.1 Å². The Kier molecular flexibility index (Phi) is 4.74. The van der Waals surface area contributed by atoms with Crippen LogP contribution in [-0.4, -0.2) is 38.7 Å². The van der Waals surface area contributed by atoms with Crippen molar-refractivity contribution in [1.82, 2.24) is 0 Å². The van der Waals surface area contributed by atoms with Crippen molar-refractivity contribution in [2.45, 2.75) is 6.54 Å². The number of anilines is 1. The molecule has 0 spiro atoms. The molecule has 0 unspecified atom stereocenters. The van der Waals surface area contributed by atoms with Crippen molar-refractivity contribution in [3.8, 4) is 0 Å². The summed E-state index contributed by atoms with van der Waals surface area (Å²) in [5, 5.41) is 3.33. The summed E-state index contributed by atoms with van der Waals surface area (Å²) in [6.07, 6.45) is 0. The van der Waals surface area contributed by atoms with Crippen LogP contribution in [0, 0.1) is 5.82 Å². The van der Waals surface area contributed by atoms with E-state index in [1.165, 1.54) is 0 Å². The SMILES string of the molecule is C[N+](C)(C)CCNc1cc(Cl)c(F)c(CN)c1. The molecule has 0 saturated heterocycles. The Bertz CT molecular complexity index is 388. The van der Waals surface area contributed by atoms with Gasteiger partial charge in [0.05, 0.1) is 39.3 Å². The normalized spacial score (nSPS) is 11.6. The highest BCUT2D eigenvalue weighted by Crippen LogP contribution is 2.23. The fraction of sp³-hybridized carbons (Fsp3) is 0.500. The maximum Gasteiger partial charge on any atom is 0.146 e. The number of nitrogens with two attached hydrogens (primary N) is 1. The second kappa shape index (κ2) is 5.67. The summed E-state index contributed by atoms with van der Waals surface area (Å²) in [6.45, 7) is 1.92. The second-order valence-electron chi connectivity index (χ2n) is 5.08. The van der Waals surface area contributed by atoms with Crippen LogP contribution in [0.15, 0.2) is 12.1 Å². The average Bonchev–Trinajstić information content (AvgIpc) is 2.21. The van der Waals surface area contributed by atoms with E-state index in [2.05, 4.69) is 26.5 Å². The summed E-state index contributed by atoms with van der Waals surface area (Å²) in [6, 6.07) is 3.29. The van der Waals surface area contributed by atoms with Crippen LogP contribution >= 0.6 is 11.6 Å². The molecule has 3 N–H and O–H groups in total. The van der Waals surface area contributed by atoms with E-state index in [0.717, 1.165) is 23.3 Å². The summed E-state index contributed by atoms with van der Waals surface area (Å²) >= 11 is 5.79. The van der Waals surface area contributed by atoms with Crippen LogP contribution in [0.1, 0.15) is 5.56 Å². The summed E-state index contributed by atoms with van der Waals surface area (Å²) in [4.78, 5) is 0. The van der Waals surface area contributed by atoms with Crippen LogP contribution < -0.4 is 11.1 Å². The largest absolute Gasteiger partial charge is 0.379 e. The first kappa shape index (κ1) is 14.2. The van der Waals surface area contributed by atoms with E-state index < -0.39 is 5.82 Å². The summed E-state index contributed by atoms with van der Waals surface area (Å²) in [5.41, 5.74) is 6.70. The molecule has 0 fully saturated rings. The van der Waals surface area contributed by atoms with Crippen LogP contribution in [0.2, 0.25) is 5.02 Å². The first-order chi connectivity index (χ1) is 7.83. The molecule has 1 rings (SSSR count). The van der Waals surface area contributed by atoms with Gasteiger partial charge in [0, 0.05) is 17.8 Å². The van der Waals surface area contributed by atoms with E-state index in [9.17, 15) is 4.39 Å². The Hall–Kier alpha value is -0.840. The fourth-order valence-electron chi connectivity index (χ4n) is 1.43. The average molecular weight is 261 g/mol. The predicted octanol–water partition coefficient (Wildman–Crippen LogP) is 2.06. The first-order valence-corrected chi connectivity index (χ1v) is 5.93. The molecular formula is C12H20ClFN3+. The molecule has 0 bridgehead atoms. The second-order valence-corrected chi connectivity index (χ2v) is 5.48. The zero-order valence-electron chi connectivity index (χ0n) is 10.6. The zero-order chi connectivity index (χ0) is 13.1. The molecule has 1 aromatic carbocycles. The van der Waals surface area contributed by atoms with Gasteiger partial charge in [0.2, 0.25) is 0 Å². The Morgan fingerprint density at radius 1 is 1.35 bits per heavy atom. The zero-order valence-corrected chi connectivity index (χ0v) is 11.3. The molecule has 0 aliphatic carbocycles. The highest BCUT2D eigenvalue weighted by atomic mass is 35.5. The minimum Gasteiger partial charge on any atom is -0.379 e. The fourth-order valence-corrected chi connectivity index (χ4v) is 1.67. The van der Waals surface area contributed by atoms with E-state index in [0.29, 0.717) is 5.56 Å². The third kappa shape index (κ3) is 4.50. The molecule has 0 radical (unpaired) electrons. The lowest BCUT2D eigenvalue weighted by atomic mass is 10.2. The van der Waals surface area contributed by atoms with Crippen LogP contribution in [-0.2, 0) is 6.54 Å². The number of halogens is 2. The lowest BCUT2D eigenvalue weighted by Gasteiger charge is -2.24. The van der Waals surface area contributed by atoms with E-state index >= 15 is 0 Å². The number of hydrogen-bond acceptors (Lipinski definition) is 2. The van der Waals surface area contributed by atoms with Crippen molar-refractivity contribution in [3.63, 3.8) is 0 Å². The molecule has 0 aliphatic rings. The molecule has 5 heteroatoms. The summed E-state index contributed by atoms with van der Waals surface area (Å²) in [5.74, 6) is -0.425. The van der Waals surface area contributed by atoms with Crippen molar-refractivity contribution in [1.29, 1.82) is 0 Å². The number of hydrogen-bond donors (Lipinski definition) is 2. The minimum absolute atomic E-state index is 0.112. The molecule has 0 aliphatic heterocycles. The lowest BCUT2D eigenvalue weighted by molar-refractivity contribution is -0.868. The van der Waals surface area contributed by atoms with Gasteiger partial charge in [0.1, 0.15) is 5.82 Å². The van der Waals surface area contributed by atoms with Crippen LogP contribution in [0.3, 0.4) is 0 Å². The Morgan fingerprint density at radius 2 is 2.00 bits per heavy atom. The van der Waals surface area contributed by atoms with Gasteiger partial charge >= 0.3 is 0 Å². The Balaban J connectivity index is 2.69. The molecular weight excluding hydrogens is 241 g/mol. The third-order valence-corrected chi connectivity index (χ3v) is 2.71. The van der Waals surface area contributed by atoms with Gasteiger partial charge in [-0.2, -0.15) is 0 Å². The number of quaternary nitrogens is 1. The van der Waals surface area contributed by atoms with Crippen molar-refractivity contribution in [3.05, 3.63) is 28.5 Å². The van der Waals surface area contributed by atoms with Gasteiger partial charge in [0.25, 0.3) is 0 Å². The standard InChI is InChI=1S/C12H20ClFN3/c1-17(2,3)5-4-16-10-6-9(8-15)12(14)11(13)7-10/h6-7,16H,4-5,8,15H2,1-3H3/q+1. The molecule has 0 aromatic heterocycles. The first-order valence-electron chi connectivity index (χ1n) is 5.56. The summed E-state index contributed by atoms with van der Waals surface area (Å²) in [7, 11) is 6.35. The van der Waals surface area contributed by atoms with E-state index in [4.69, 9.17) is 17.3 Å². The highest BCUT2D eigenvalue weighted by molar-refractivity contribution is 6.31. The monoisotopic (exact) mass is 260 g/mol. The van der Waals surface area contributed by atoms with Crippen LogP contribution in [0.4, 0.5) is 10.1 Å².